The van der Waals surface area contributed by atoms with Gasteiger partial charge >= 0.3 is 0 Å². The first-order valence-corrected chi connectivity index (χ1v) is 6.58. The molecule has 1 fully saturated rings. The fourth-order valence-electron chi connectivity index (χ4n) is 2.03. The summed E-state index contributed by atoms with van der Waals surface area (Å²) in [7, 11) is 0. The molecule has 0 aliphatic carbocycles. The normalized spacial score (nSPS) is 18.1. The molecule has 0 unspecified atom stereocenters. The molecular weight excluding hydrogens is 238 g/mol. The fraction of sp³-hybridized carbons (Fsp3) is 0.429. The van der Waals surface area contributed by atoms with Crippen molar-refractivity contribution in [1.82, 2.24) is 15.2 Å². The van der Waals surface area contributed by atoms with Gasteiger partial charge in [-0.1, -0.05) is 0 Å². The lowest BCUT2D eigenvalue weighted by atomic mass is 10.2. The van der Waals surface area contributed by atoms with Gasteiger partial charge in [-0.25, -0.2) is 0 Å². The molecule has 1 aromatic heterocycles. The van der Waals surface area contributed by atoms with Crippen LogP contribution in [0, 0.1) is 6.92 Å². The highest BCUT2D eigenvalue weighted by molar-refractivity contribution is 5.81. The second-order valence-corrected chi connectivity index (χ2v) is 4.68. The van der Waals surface area contributed by atoms with Crippen LogP contribution in [0.4, 0.5) is 5.69 Å². The second kappa shape index (κ2) is 7.01. The molecule has 1 saturated heterocycles. The molecule has 3 N–H and O–H groups in total. The van der Waals surface area contributed by atoms with Crippen LogP contribution in [0.3, 0.4) is 0 Å². The van der Waals surface area contributed by atoms with Gasteiger partial charge in [0, 0.05) is 50.8 Å². The molecule has 0 aromatic carbocycles. The predicted molar refractivity (Wildman–Crippen MR) is 78.7 cm³/mol. The maximum Gasteiger partial charge on any atom is 0.0663 e. The first-order chi connectivity index (χ1) is 9.28. The Morgan fingerprint density at radius 2 is 2.32 bits per heavy atom. The molecule has 0 radical (unpaired) electrons. The van der Waals surface area contributed by atoms with Gasteiger partial charge in [-0.2, -0.15) is 0 Å². The third kappa shape index (κ3) is 4.46. The average molecular weight is 259 g/mol. The van der Waals surface area contributed by atoms with Crippen molar-refractivity contribution in [3.05, 3.63) is 35.8 Å². The minimum absolute atomic E-state index is 0.853. The summed E-state index contributed by atoms with van der Waals surface area (Å²) >= 11 is 0. The number of pyridine rings is 1. The fourth-order valence-corrected chi connectivity index (χ4v) is 2.03. The van der Waals surface area contributed by atoms with Crippen molar-refractivity contribution in [2.24, 2.45) is 10.7 Å². The minimum atomic E-state index is 0.853. The number of aliphatic imine (C=N–C) groups is 1. The highest BCUT2D eigenvalue weighted by Crippen LogP contribution is 2.11. The largest absolute Gasteiger partial charge is 0.404 e. The highest BCUT2D eigenvalue weighted by atomic mass is 15.2. The average Bonchev–Trinajstić information content (AvgIpc) is 2.44. The Labute approximate surface area is 114 Å². The molecule has 2 rings (SSSR count). The van der Waals surface area contributed by atoms with Crippen molar-refractivity contribution in [2.75, 3.05) is 32.7 Å². The Kier molecular flexibility index (Phi) is 5.06. The van der Waals surface area contributed by atoms with Crippen molar-refractivity contribution < 1.29 is 0 Å². The Morgan fingerprint density at radius 1 is 1.53 bits per heavy atom. The van der Waals surface area contributed by atoms with Crippen molar-refractivity contribution >= 4 is 11.9 Å². The maximum atomic E-state index is 5.68. The zero-order valence-corrected chi connectivity index (χ0v) is 11.3. The van der Waals surface area contributed by atoms with Crippen LogP contribution >= 0.6 is 0 Å². The molecular formula is C14H21N5. The summed E-state index contributed by atoms with van der Waals surface area (Å²) in [5.74, 6) is 0. The van der Waals surface area contributed by atoms with E-state index in [-0.39, 0.29) is 0 Å². The second-order valence-electron chi connectivity index (χ2n) is 4.68. The summed E-state index contributed by atoms with van der Waals surface area (Å²) in [6.45, 7) is 7.00. The van der Waals surface area contributed by atoms with E-state index >= 15 is 0 Å². The molecule has 19 heavy (non-hydrogen) atoms. The van der Waals surface area contributed by atoms with Crippen molar-refractivity contribution in [3.8, 4) is 0 Å². The number of rotatable bonds is 4. The van der Waals surface area contributed by atoms with E-state index < -0.39 is 0 Å². The van der Waals surface area contributed by atoms with E-state index in [1.807, 2.05) is 25.3 Å². The van der Waals surface area contributed by atoms with Gasteiger partial charge in [-0.05, 0) is 30.8 Å². The van der Waals surface area contributed by atoms with E-state index in [0.29, 0.717) is 0 Å². The smallest absolute Gasteiger partial charge is 0.0663 e. The third-order valence-corrected chi connectivity index (χ3v) is 3.09. The maximum absolute atomic E-state index is 5.68. The highest BCUT2D eigenvalue weighted by Gasteiger charge is 2.10. The van der Waals surface area contributed by atoms with Gasteiger partial charge in [-0.15, -0.1) is 0 Å². The molecule has 1 aliphatic rings. The van der Waals surface area contributed by atoms with Crippen molar-refractivity contribution in [1.29, 1.82) is 0 Å². The van der Waals surface area contributed by atoms with E-state index in [0.717, 1.165) is 49.7 Å². The number of aryl methyl sites for hydroxylation is 1. The summed E-state index contributed by atoms with van der Waals surface area (Å²) in [6, 6.07) is 3.85. The van der Waals surface area contributed by atoms with E-state index in [4.69, 9.17) is 5.73 Å². The summed E-state index contributed by atoms with van der Waals surface area (Å²) in [6.07, 6.45) is 5.25. The molecule has 0 spiro atoms. The van der Waals surface area contributed by atoms with Gasteiger partial charge in [0.15, 0.2) is 0 Å². The van der Waals surface area contributed by atoms with Gasteiger partial charge in [0.05, 0.1) is 5.69 Å². The van der Waals surface area contributed by atoms with E-state index in [1.165, 1.54) is 0 Å². The molecule has 0 bridgehead atoms. The van der Waals surface area contributed by atoms with E-state index in [2.05, 4.69) is 20.2 Å². The summed E-state index contributed by atoms with van der Waals surface area (Å²) in [5.41, 5.74) is 8.59. The Morgan fingerprint density at radius 3 is 3.00 bits per heavy atom. The number of hydrogen-bond acceptors (Lipinski definition) is 5. The first-order valence-electron chi connectivity index (χ1n) is 6.58. The molecule has 1 aliphatic heterocycles. The molecule has 0 saturated carbocycles. The summed E-state index contributed by atoms with van der Waals surface area (Å²) in [4.78, 5) is 11.0. The standard InChI is InChI=1S/C14H21N5/c1-12-8-14(2-3-17-12)18-10-13(9-15)11-19-6-4-16-5-7-19/h2-3,8-10,16H,4-7,11,15H2,1H3. The Bertz CT molecular complexity index is 461. The SMILES string of the molecule is Cc1cc(N=CC(=CN)CN2CCNCC2)ccn1. The van der Waals surface area contributed by atoms with Gasteiger partial charge in [0.1, 0.15) is 0 Å². The van der Waals surface area contributed by atoms with Crippen molar-refractivity contribution in [3.63, 3.8) is 0 Å². The number of nitrogens with one attached hydrogen (secondary N) is 1. The molecule has 0 atom stereocenters. The van der Waals surface area contributed by atoms with Gasteiger partial charge in [-0.3, -0.25) is 14.9 Å². The monoisotopic (exact) mass is 259 g/mol. The first kappa shape index (κ1) is 13.7. The molecule has 5 nitrogen and oxygen atoms in total. The quantitative estimate of drug-likeness (QED) is 0.786. The Balaban J connectivity index is 1.95. The van der Waals surface area contributed by atoms with Crippen LogP contribution in [-0.4, -0.2) is 48.8 Å². The number of piperazine rings is 1. The molecule has 5 heteroatoms. The number of aromatic nitrogens is 1. The van der Waals surface area contributed by atoms with Crippen LogP contribution < -0.4 is 11.1 Å². The van der Waals surface area contributed by atoms with E-state index in [9.17, 15) is 0 Å². The van der Waals surface area contributed by atoms with Gasteiger partial charge < -0.3 is 11.1 Å². The van der Waals surface area contributed by atoms with E-state index in [1.54, 1.807) is 12.4 Å². The minimum Gasteiger partial charge on any atom is -0.404 e. The molecule has 1 aromatic rings. The van der Waals surface area contributed by atoms with Crippen molar-refractivity contribution in [2.45, 2.75) is 6.92 Å². The van der Waals surface area contributed by atoms with Gasteiger partial charge in [0.2, 0.25) is 0 Å². The number of nitrogens with two attached hydrogens (primary N) is 1. The van der Waals surface area contributed by atoms with Gasteiger partial charge in [0.25, 0.3) is 0 Å². The zero-order valence-electron chi connectivity index (χ0n) is 11.3. The molecule has 2 heterocycles. The zero-order chi connectivity index (χ0) is 13.5. The predicted octanol–water partition coefficient (Wildman–Crippen LogP) is 0.840. The lowest BCUT2D eigenvalue weighted by molar-refractivity contribution is 0.262. The number of nitrogens with zero attached hydrogens (tertiary/aromatic N) is 3. The molecule has 0 amide bonds. The summed E-state index contributed by atoms with van der Waals surface area (Å²) in [5, 5.41) is 3.34. The number of hydrogen-bond donors (Lipinski definition) is 2. The third-order valence-electron chi connectivity index (χ3n) is 3.09. The Hall–Kier alpha value is -1.72. The lowest BCUT2D eigenvalue weighted by Crippen LogP contribution is -2.44. The van der Waals surface area contributed by atoms with Crippen LogP contribution in [0.1, 0.15) is 5.69 Å². The summed E-state index contributed by atoms with van der Waals surface area (Å²) < 4.78 is 0. The van der Waals surface area contributed by atoms with Crippen LogP contribution in [0.15, 0.2) is 35.1 Å². The van der Waals surface area contributed by atoms with Crippen LogP contribution in [0.25, 0.3) is 0 Å². The van der Waals surface area contributed by atoms with Crippen LogP contribution in [0.2, 0.25) is 0 Å². The molecule has 102 valence electrons. The topological polar surface area (TPSA) is 66.5 Å². The lowest BCUT2D eigenvalue weighted by Gasteiger charge is -2.27. The van der Waals surface area contributed by atoms with Crippen LogP contribution in [0.5, 0.6) is 0 Å². The van der Waals surface area contributed by atoms with Crippen LogP contribution in [-0.2, 0) is 0 Å².